The minimum atomic E-state index is -0.727. The second-order valence-corrected chi connectivity index (χ2v) is 4.91. The van der Waals surface area contributed by atoms with Crippen LogP contribution < -0.4 is 10.3 Å². The molecule has 2 aromatic rings. The van der Waals surface area contributed by atoms with Gasteiger partial charge in [-0.25, -0.2) is 9.48 Å². The number of carbonyl (C=O) groups excluding carboxylic acids is 1. The number of rotatable bonds is 6. The Balaban J connectivity index is 2.39. The number of nitrogens with zero attached hydrogens (tertiary/aromatic N) is 2. The molecule has 0 amide bonds. The number of ether oxygens (including phenoxy) is 2. The molecule has 0 aliphatic heterocycles. The first-order valence-corrected chi connectivity index (χ1v) is 7.51. The average Bonchev–Trinajstić information content (AvgIpc) is 2.58. The molecule has 0 aliphatic rings. The van der Waals surface area contributed by atoms with Crippen LogP contribution in [0.1, 0.15) is 26.3 Å². The van der Waals surface area contributed by atoms with Crippen molar-refractivity contribution in [1.82, 2.24) is 9.78 Å². The van der Waals surface area contributed by atoms with Crippen molar-refractivity contribution in [2.45, 2.75) is 26.3 Å². The molecule has 0 aliphatic carbocycles. The summed E-state index contributed by atoms with van der Waals surface area (Å²) in [5, 5.41) is 4.32. The molecule has 0 saturated carbocycles. The van der Waals surface area contributed by atoms with E-state index in [1.54, 1.807) is 13.0 Å². The van der Waals surface area contributed by atoms with Gasteiger partial charge in [0.25, 0.3) is 5.56 Å². The SMILES string of the molecule is CCOc1ccc(-c2ccc(=O)n([C@@H](CC)C(=O)OC)n2)cc1. The van der Waals surface area contributed by atoms with Gasteiger partial charge in [-0.05, 0) is 43.7 Å². The average molecular weight is 316 g/mol. The molecule has 1 aromatic heterocycles. The Morgan fingerprint density at radius 3 is 2.43 bits per heavy atom. The fourth-order valence-electron chi connectivity index (χ4n) is 2.27. The first-order chi connectivity index (χ1) is 11.1. The second kappa shape index (κ2) is 7.58. The molecule has 0 fully saturated rings. The van der Waals surface area contributed by atoms with Gasteiger partial charge in [0.1, 0.15) is 5.75 Å². The van der Waals surface area contributed by atoms with Crippen molar-refractivity contribution in [3.63, 3.8) is 0 Å². The molecule has 0 N–H and O–H groups in total. The topological polar surface area (TPSA) is 70.4 Å². The smallest absolute Gasteiger partial charge is 0.330 e. The lowest BCUT2D eigenvalue weighted by Crippen LogP contribution is -2.32. The van der Waals surface area contributed by atoms with Gasteiger partial charge in [-0.1, -0.05) is 6.92 Å². The van der Waals surface area contributed by atoms with Gasteiger partial charge in [-0.2, -0.15) is 5.10 Å². The van der Waals surface area contributed by atoms with Gasteiger partial charge in [0.15, 0.2) is 6.04 Å². The van der Waals surface area contributed by atoms with Crippen LogP contribution in [0.25, 0.3) is 11.3 Å². The van der Waals surface area contributed by atoms with Crippen LogP contribution in [0, 0.1) is 0 Å². The van der Waals surface area contributed by atoms with Gasteiger partial charge in [0.05, 0.1) is 19.4 Å². The summed E-state index contributed by atoms with van der Waals surface area (Å²) in [5.74, 6) is 0.288. The molecule has 1 heterocycles. The van der Waals surface area contributed by atoms with E-state index in [2.05, 4.69) is 5.10 Å². The van der Waals surface area contributed by atoms with E-state index in [1.165, 1.54) is 17.9 Å². The maximum absolute atomic E-state index is 12.0. The van der Waals surface area contributed by atoms with Crippen molar-refractivity contribution in [2.24, 2.45) is 0 Å². The van der Waals surface area contributed by atoms with Gasteiger partial charge in [0.2, 0.25) is 0 Å². The summed E-state index contributed by atoms with van der Waals surface area (Å²) in [6.07, 6.45) is 0.423. The third-order valence-electron chi connectivity index (χ3n) is 3.44. The summed E-state index contributed by atoms with van der Waals surface area (Å²) in [7, 11) is 1.30. The molecule has 0 bridgehead atoms. The van der Waals surface area contributed by atoms with Crippen molar-refractivity contribution in [3.8, 4) is 17.0 Å². The summed E-state index contributed by atoms with van der Waals surface area (Å²) in [5.41, 5.74) is 1.11. The van der Waals surface area contributed by atoms with Gasteiger partial charge in [-0.15, -0.1) is 0 Å². The largest absolute Gasteiger partial charge is 0.494 e. The van der Waals surface area contributed by atoms with Crippen molar-refractivity contribution < 1.29 is 14.3 Å². The predicted molar refractivity (Wildman–Crippen MR) is 86.4 cm³/mol. The summed E-state index contributed by atoms with van der Waals surface area (Å²) in [6, 6.07) is 9.72. The number of hydrogen-bond donors (Lipinski definition) is 0. The molecular weight excluding hydrogens is 296 g/mol. The first kappa shape index (κ1) is 16.7. The Bertz CT molecular complexity index is 722. The van der Waals surface area contributed by atoms with Crippen molar-refractivity contribution in [1.29, 1.82) is 0 Å². The molecule has 0 radical (unpaired) electrons. The van der Waals surface area contributed by atoms with E-state index in [-0.39, 0.29) is 5.56 Å². The molecule has 1 atom stereocenters. The Hall–Kier alpha value is -2.63. The summed E-state index contributed by atoms with van der Waals surface area (Å²) < 4.78 is 11.3. The monoisotopic (exact) mass is 316 g/mol. The standard InChI is InChI=1S/C17H20N2O4/c1-4-15(17(21)22-3)19-16(20)11-10-14(18-19)12-6-8-13(9-7-12)23-5-2/h6-11,15H,4-5H2,1-3H3/t15-/m0/s1. The van der Waals surface area contributed by atoms with Crippen molar-refractivity contribution >= 4 is 5.97 Å². The molecule has 1 aromatic carbocycles. The third-order valence-corrected chi connectivity index (χ3v) is 3.44. The van der Waals surface area contributed by atoms with Gasteiger partial charge < -0.3 is 9.47 Å². The van der Waals surface area contributed by atoms with E-state index in [0.29, 0.717) is 18.7 Å². The van der Waals surface area contributed by atoms with Gasteiger partial charge in [-0.3, -0.25) is 4.79 Å². The highest BCUT2D eigenvalue weighted by Gasteiger charge is 2.21. The Kier molecular flexibility index (Phi) is 5.51. The molecule has 0 saturated heterocycles. The molecule has 0 unspecified atom stereocenters. The van der Waals surface area contributed by atoms with Crippen LogP contribution in [-0.2, 0) is 9.53 Å². The fraction of sp³-hybridized carbons (Fsp3) is 0.353. The maximum atomic E-state index is 12.0. The Morgan fingerprint density at radius 2 is 1.87 bits per heavy atom. The predicted octanol–water partition coefficient (Wildman–Crippen LogP) is 2.43. The number of benzene rings is 1. The van der Waals surface area contributed by atoms with Gasteiger partial charge >= 0.3 is 5.97 Å². The van der Waals surface area contributed by atoms with Crippen molar-refractivity contribution in [2.75, 3.05) is 13.7 Å². The maximum Gasteiger partial charge on any atom is 0.330 e. The van der Waals surface area contributed by atoms with Crippen LogP contribution in [0.3, 0.4) is 0 Å². The first-order valence-electron chi connectivity index (χ1n) is 7.51. The minimum Gasteiger partial charge on any atom is -0.494 e. The van der Waals surface area contributed by atoms with Crippen LogP contribution in [0.15, 0.2) is 41.2 Å². The lowest BCUT2D eigenvalue weighted by atomic mass is 10.1. The molecule has 2 rings (SSSR count). The zero-order chi connectivity index (χ0) is 16.8. The highest BCUT2D eigenvalue weighted by molar-refractivity contribution is 5.74. The number of esters is 1. The summed E-state index contributed by atoms with van der Waals surface area (Å²) in [4.78, 5) is 23.9. The Labute approximate surface area is 134 Å². The van der Waals surface area contributed by atoms with E-state index in [9.17, 15) is 9.59 Å². The van der Waals surface area contributed by atoms with Crippen LogP contribution in [0.2, 0.25) is 0 Å². The Morgan fingerprint density at radius 1 is 1.17 bits per heavy atom. The molecular formula is C17H20N2O4. The molecule has 23 heavy (non-hydrogen) atoms. The molecule has 6 heteroatoms. The number of carbonyl (C=O) groups is 1. The van der Waals surface area contributed by atoms with E-state index in [4.69, 9.17) is 9.47 Å². The third kappa shape index (κ3) is 3.77. The molecule has 0 spiro atoms. The molecule has 122 valence electrons. The number of methoxy groups -OCH3 is 1. The zero-order valence-electron chi connectivity index (χ0n) is 13.5. The van der Waals surface area contributed by atoms with Crippen LogP contribution in [0.5, 0.6) is 5.75 Å². The van der Waals surface area contributed by atoms with E-state index < -0.39 is 12.0 Å². The lowest BCUT2D eigenvalue weighted by molar-refractivity contribution is -0.145. The van der Waals surface area contributed by atoms with E-state index in [0.717, 1.165) is 11.3 Å². The van der Waals surface area contributed by atoms with Gasteiger partial charge in [0, 0.05) is 11.6 Å². The lowest BCUT2D eigenvalue weighted by Gasteiger charge is -2.15. The summed E-state index contributed by atoms with van der Waals surface area (Å²) in [6.45, 7) is 4.32. The quantitative estimate of drug-likeness (QED) is 0.766. The minimum absolute atomic E-state index is 0.336. The second-order valence-electron chi connectivity index (χ2n) is 4.91. The number of hydrogen-bond acceptors (Lipinski definition) is 5. The van der Waals surface area contributed by atoms with Crippen LogP contribution in [-0.4, -0.2) is 29.5 Å². The van der Waals surface area contributed by atoms with E-state index in [1.807, 2.05) is 31.2 Å². The normalized spacial score (nSPS) is 11.8. The van der Waals surface area contributed by atoms with Crippen molar-refractivity contribution in [3.05, 3.63) is 46.8 Å². The van der Waals surface area contributed by atoms with Crippen LogP contribution in [0.4, 0.5) is 0 Å². The van der Waals surface area contributed by atoms with Crippen LogP contribution >= 0.6 is 0 Å². The summed E-state index contributed by atoms with van der Waals surface area (Å²) >= 11 is 0. The van der Waals surface area contributed by atoms with E-state index >= 15 is 0 Å². The highest BCUT2D eigenvalue weighted by Crippen LogP contribution is 2.21. The zero-order valence-corrected chi connectivity index (χ0v) is 13.5. The number of aromatic nitrogens is 2. The fourth-order valence-corrected chi connectivity index (χ4v) is 2.27. The molecule has 6 nitrogen and oxygen atoms in total. The highest BCUT2D eigenvalue weighted by atomic mass is 16.5.